The number of rotatable bonds is 7. The molecule has 0 saturated heterocycles. The fraction of sp³-hybridized carbons (Fsp3) is 0.222. The summed E-state index contributed by atoms with van der Waals surface area (Å²) < 4.78 is 27.6. The van der Waals surface area contributed by atoms with Crippen molar-refractivity contribution in [2.24, 2.45) is 4.99 Å². The maximum Gasteiger partial charge on any atom is 0.329 e. The summed E-state index contributed by atoms with van der Waals surface area (Å²) in [4.78, 5) is 32.3. The van der Waals surface area contributed by atoms with Crippen molar-refractivity contribution in [1.82, 2.24) is 10.0 Å². The molecular formula is C27H28N4O4S. The molecule has 9 heteroatoms. The summed E-state index contributed by atoms with van der Waals surface area (Å²) in [6, 6.07) is 19.2. The number of fused-ring (bicyclic) bond motifs is 1. The molecule has 1 aliphatic rings. The van der Waals surface area contributed by atoms with E-state index in [4.69, 9.17) is 0 Å². The molecule has 3 aromatic rings. The molecule has 0 bridgehead atoms. The number of benzene rings is 3. The normalized spacial score (nSPS) is 13.4. The topological polar surface area (TPSA) is 108 Å². The number of amides is 3. The van der Waals surface area contributed by atoms with Crippen LogP contribution >= 0.6 is 0 Å². The van der Waals surface area contributed by atoms with Crippen LogP contribution in [-0.2, 0) is 27.7 Å². The Morgan fingerprint density at radius 1 is 1.00 bits per heavy atom. The number of sulfonamides is 1. The van der Waals surface area contributed by atoms with E-state index in [1.165, 1.54) is 11.0 Å². The van der Waals surface area contributed by atoms with Crippen LogP contribution < -0.4 is 14.9 Å². The molecule has 0 fully saturated rings. The summed E-state index contributed by atoms with van der Waals surface area (Å²) in [6.07, 6.45) is 0.908. The highest BCUT2D eigenvalue weighted by molar-refractivity contribution is 7.90. The van der Waals surface area contributed by atoms with E-state index in [-0.39, 0.29) is 17.2 Å². The van der Waals surface area contributed by atoms with Crippen molar-refractivity contribution in [2.45, 2.75) is 37.6 Å². The lowest BCUT2D eigenvalue weighted by Crippen LogP contribution is -2.52. The first-order valence-corrected chi connectivity index (χ1v) is 13.0. The summed E-state index contributed by atoms with van der Waals surface area (Å²) in [7, 11) is -2.49. The minimum absolute atomic E-state index is 0.00106. The van der Waals surface area contributed by atoms with Crippen molar-refractivity contribution < 1.29 is 18.0 Å². The smallest absolute Gasteiger partial charge is 0.325 e. The van der Waals surface area contributed by atoms with E-state index in [0.29, 0.717) is 11.3 Å². The SMILES string of the molecule is CC1=Nc2ccc(N(C)C(=O)[C@H](Cc3ccccc3)NC(=O)NS(=O)(=O)c3ccccc3C)cc2C1. The third-order valence-corrected chi connectivity index (χ3v) is 7.53. The molecule has 0 unspecified atom stereocenters. The molecule has 1 aliphatic heterocycles. The Labute approximate surface area is 211 Å². The molecule has 1 atom stereocenters. The van der Waals surface area contributed by atoms with Gasteiger partial charge in [0.2, 0.25) is 5.91 Å². The molecule has 4 rings (SSSR count). The number of nitrogens with one attached hydrogen (secondary N) is 2. The molecule has 0 aromatic heterocycles. The lowest BCUT2D eigenvalue weighted by Gasteiger charge is -2.25. The third kappa shape index (κ3) is 5.63. The van der Waals surface area contributed by atoms with Crippen molar-refractivity contribution >= 4 is 39.0 Å². The maximum absolute atomic E-state index is 13.5. The van der Waals surface area contributed by atoms with E-state index < -0.39 is 22.1 Å². The van der Waals surface area contributed by atoms with E-state index in [2.05, 4.69) is 10.3 Å². The standard InChI is InChI=1S/C27H28N4O4S/c1-18-9-7-8-12-25(18)36(34,35)30-27(33)29-24(16-20-10-5-4-6-11-20)26(32)31(3)22-13-14-23-21(17-22)15-19(2)28-23/h4-14,17,24H,15-16H2,1-3H3,(H2,29,30,33)/t24-/m0/s1. The van der Waals surface area contributed by atoms with Crippen LogP contribution in [0.2, 0.25) is 0 Å². The summed E-state index contributed by atoms with van der Waals surface area (Å²) in [6.45, 7) is 3.60. The van der Waals surface area contributed by atoms with Crippen LogP contribution in [0.5, 0.6) is 0 Å². The number of nitrogens with zero attached hydrogens (tertiary/aromatic N) is 2. The summed E-state index contributed by atoms with van der Waals surface area (Å²) in [5.41, 5.74) is 4.91. The molecule has 0 spiro atoms. The predicted molar refractivity (Wildman–Crippen MR) is 140 cm³/mol. The van der Waals surface area contributed by atoms with Crippen LogP contribution in [0.4, 0.5) is 16.2 Å². The molecule has 2 N–H and O–H groups in total. The fourth-order valence-corrected chi connectivity index (χ4v) is 5.35. The quantitative estimate of drug-likeness (QED) is 0.509. The number of likely N-dealkylation sites (N-methyl/N-ethyl adjacent to an activating group) is 1. The summed E-state index contributed by atoms with van der Waals surface area (Å²) in [5, 5.41) is 2.58. The Morgan fingerprint density at radius 3 is 2.42 bits per heavy atom. The van der Waals surface area contributed by atoms with E-state index in [1.54, 1.807) is 38.2 Å². The van der Waals surface area contributed by atoms with Crippen LogP contribution in [0.1, 0.15) is 23.6 Å². The minimum atomic E-state index is -4.12. The molecule has 36 heavy (non-hydrogen) atoms. The highest BCUT2D eigenvalue weighted by Crippen LogP contribution is 2.30. The lowest BCUT2D eigenvalue weighted by atomic mass is 10.0. The molecule has 3 aromatic carbocycles. The average molecular weight is 505 g/mol. The van der Waals surface area contributed by atoms with Gasteiger partial charge in [-0.25, -0.2) is 17.9 Å². The van der Waals surface area contributed by atoms with Gasteiger partial charge in [-0.2, -0.15) is 0 Å². The first-order chi connectivity index (χ1) is 17.1. The average Bonchev–Trinajstić information content (AvgIpc) is 3.22. The van der Waals surface area contributed by atoms with Crippen LogP contribution in [-0.4, -0.2) is 39.2 Å². The second-order valence-electron chi connectivity index (χ2n) is 8.82. The van der Waals surface area contributed by atoms with Crippen molar-refractivity contribution in [1.29, 1.82) is 0 Å². The molecule has 8 nitrogen and oxygen atoms in total. The monoisotopic (exact) mass is 504 g/mol. The highest BCUT2D eigenvalue weighted by atomic mass is 32.2. The van der Waals surface area contributed by atoms with Crippen LogP contribution in [0.25, 0.3) is 0 Å². The number of urea groups is 1. The van der Waals surface area contributed by atoms with Gasteiger partial charge in [0, 0.05) is 31.3 Å². The second kappa shape index (κ2) is 10.3. The molecular weight excluding hydrogens is 476 g/mol. The van der Waals surface area contributed by atoms with Gasteiger partial charge in [0.1, 0.15) is 6.04 Å². The Kier molecular flexibility index (Phi) is 7.21. The van der Waals surface area contributed by atoms with E-state index in [0.717, 1.165) is 28.9 Å². The first-order valence-electron chi connectivity index (χ1n) is 11.5. The zero-order valence-electron chi connectivity index (χ0n) is 20.4. The Morgan fingerprint density at radius 2 is 1.69 bits per heavy atom. The molecule has 0 aliphatic carbocycles. The molecule has 0 radical (unpaired) electrons. The Bertz CT molecular complexity index is 1440. The van der Waals surface area contributed by atoms with Crippen LogP contribution in [0, 0.1) is 6.92 Å². The lowest BCUT2D eigenvalue weighted by molar-refractivity contribution is -0.120. The number of aryl methyl sites for hydroxylation is 1. The van der Waals surface area contributed by atoms with Gasteiger partial charge in [0.15, 0.2) is 0 Å². The summed E-state index contributed by atoms with van der Waals surface area (Å²) in [5.74, 6) is -0.377. The van der Waals surface area contributed by atoms with Crippen molar-refractivity contribution in [3.05, 3.63) is 89.5 Å². The molecule has 186 valence electrons. The van der Waals surface area contributed by atoms with Gasteiger partial charge in [-0.05, 0) is 54.8 Å². The van der Waals surface area contributed by atoms with E-state index in [9.17, 15) is 18.0 Å². The van der Waals surface area contributed by atoms with Crippen molar-refractivity contribution in [2.75, 3.05) is 11.9 Å². The highest BCUT2D eigenvalue weighted by Gasteiger charge is 2.28. The molecule has 3 amide bonds. The second-order valence-corrected chi connectivity index (χ2v) is 10.5. The van der Waals surface area contributed by atoms with Gasteiger partial charge >= 0.3 is 6.03 Å². The van der Waals surface area contributed by atoms with Crippen LogP contribution in [0.3, 0.4) is 0 Å². The fourth-order valence-electron chi connectivity index (χ4n) is 4.19. The van der Waals surface area contributed by atoms with Gasteiger partial charge in [-0.1, -0.05) is 48.5 Å². The van der Waals surface area contributed by atoms with Gasteiger partial charge < -0.3 is 10.2 Å². The predicted octanol–water partition coefficient (Wildman–Crippen LogP) is 3.91. The number of hydrogen-bond donors (Lipinski definition) is 2. The number of carbonyl (C=O) groups is 2. The molecule has 1 heterocycles. The largest absolute Gasteiger partial charge is 0.329 e. The van der Waals surface area contributed by atoms with Crippen molar-refractivity contribution in [3.8, 4) is 0 Å². The zero-order chi connectivity index (χ0) is 25.9. The van der Waals surface area contributed by atoms with Gasteiger partial charge in [-0.15, -0.1) is 0 Å². The van der Waals surface area contributed by atoms with Gasteiger partial charge in [0.05, 0.1) is 10.6 Å². The van der Waals surface area contributed by atoms with E-state index in [1.807, 2.05) is 54.1 Å². The number of anilines is 1. The maximum atomic E-state index is 13.5. The van der Waals surface area contributed by atoms with E-state index >= 15 is 0 Å². The Hall–Kier alpha value is -3.98. The Balaban J connectivity index is 1.55. The zero-order valence-corrected chi connectivity index (χ0v) is 21.2. The van der Waals surface area contributed by atoms with Crippen molar-refractivity contribution in [3.63, 3.8) is 0 Å². The van der Waals surface area contributed by atoms with Gasteiger partial charge in [0.25, 0.3) is 10.0 Å². The molecule has 0 saturated carbocycles. The number of aliphatic imine (C=N–C) groups is 1. The van der Waals surface area contributed by atoms with Gasteiger partial charge in [-0.3, -0.25) is 9.79 Å². The summed E-state index contributed by atoms with van der Waals surface area (Å²) >= 11 is 0. The van der Waals surface area contributed by atoms with Crippen LogP contribution in [0.15, 0.2) is 82.7 Å². The third-order valence-electron chi connectivity index (χ3n) is 6.03. The number of carbonyl (C=O) groups excluding carboxylic acids is 2. The first kappa shape index (κ1) is 25.1. The minimum Gasteiger partial charge on any atom is -0.325 e. The number of hydrogen-bond acceptors (Lipinski definition) is 5.